The average molecular weight is 640 g/mol. The third-order valence-electron chi connectivity index (χ3n) is 8.29. The fraction of sp³-hybridized carbons (Fsp3) is 0.389. The number of carbonyl (C=O) groups excluding carboxylic acids is 1. The predicted octanol–water partition coefficient (Wildman–Crippen LogP) is 5.68. The zero-order valence-corrected chi connectivity index (χ0v) is 28.0. The van der Waals surface area contributed by atoms with Crippen LogP contribution in [0.3, 0.4) is 0 Å². The molecular weight excluding hydrogens is 594 g/mol. The molecule has 0 saturated carbocycles. The second kappa shape index (κ2) is 16.2. The van der Waals surface area contributed by atoms with Crippen LogP contribution in [0.4, 0.5) is 16.3 Å². The van der Waals surface area contributed by atoms with Gasteiger partial charge in [-0.05, 0) is 75.2 Å². The van der Waals surface area contributed by atoms with Gasteiger partial charge in [0.25, 0.3) is 0 Å². The molecule has 11 heteroatoms. The standard InChI is InChI=1S/C36H45N7O4/c1-26-20-27(2)35(28(3)21-26)47-36(44)43(34-11-13-38-25-39-34)24-31(29-8-6-12-37-23-29)40-30-9-10-32(33(22-30)45-5)46-19-7-14-42-17-15-41(4)16-18-42/h6,8-13,20-23,25,31,40H,7,14-19,24H2,1-5H3. The highest BCUT2D eigenvalue weighted by molar-refractivity contribution is 5.88. The number of hydrogen-bond acceptors (Lipinski definition) is 10. The third-order valence-corrected chi connectivity index (χ3v) is 8.29. The van der Waals surface area contributed by atoms with Crippen molar-refractivity contribution in [2.24, 2.45) is 0 Å². The number of aromatic nitrogens is 3. The number of nitrogens with zero attached hydrogens (tertiary/aromatic N) is 6. The maximum Gasteiger partial charge on any atom is 0.421 e. The van der Waals surface area contributed by atoms with Gasteiger partial charge in [-0.3, -0.25) is 9.88 Å². The van der Waals surface area contributed by atoms with Gasteiger partial charge >= 0.3 is 6.09 Å². The van der Waals surface area contributed by atoms with Crippen LogP contribution in [-0.2, 0) is 0 Å². The van der Waals surface area contributed by atoms with Crippen molar-refractivity contribution in [1.82, 2.24) is 24.8 Å². The Morgan fingerprint density at radius 3 is 2.45 bits per heavy atom. The van der Waals surface area contributed by atoms with E-state index in [2.05, 4.69) is 37.1 Å². The number of aryl methyl sites for hydroxylation is 3. The second-order valence-electron chi connectivity index (χ2n) is 12.0. The van der Waals surface area contributed by atoms with Gasteiger partial charge in [-0.1, -0.05) is 23.8 Å². The Morgan fingerprint density at radius 1 is 0.979 bits per heavy atom. The first kappa shape index (κ1) is 33.6. The molecule has 1 unspecified atom stereocenters. The molecule has 3 heterocycles. The summed E-state index contributed by atoms with van der Waals surface area (Å²) >= 11 is 0. The summed E-state index contributed by atoms with van der Waals surface area (Å²) in [5.41, 5.74) is 4.54. The number of carbonyl (C=O) groups is 1. The molecule has 0 radical (unpaired) electrons. The van der Waals surface area contributed by atoms with Gasteiger partial charge in [0, 0.05) is 63.1 Å². The molecule has 0 spiro atoms. The van der Waals surface area contributed by atoms with Gasteiger partial charge in [0.2, 0.25) is 0 Å². The van der Waals surface area contributed by atoms with Crippen molar-refractivity contribution in [3.63, 3.8) is 0 Å². The molecular formula is C36H45N7O4. The number of nitrogens with one attached hydrogen (secondary N) is 1. The van der Waals surface area contributed by atoms with Gasteiger partial charge < -0.3 is 29.3 Å². The van der Waals surface area contributed by atoms with E-state index < -0.39 is 6.09 Å². The van der Waals surface area contributed by atoms with E-state index in [1.165, 1.54) is 11.2 Å². The summed E-state index contributed by atoms with van der Waals surface area (Å²) < 4.78 is 17.9. The summed E-state index contributed by atoms with van der Waals surface area (Å²) in [4.78, 5) is 33.0. The summed E-state index contributed by atoms with van der Waals surface area (Å²) in [6.45, 7) is 12.1. The topological polar surface area (TPSA) is 105 Å². The number of benzene rings is 2. The molecule has 2 aromatic carbocycles. The number of ether oxygens (including phenoxy) is 3. The smallest absolute Gasteiger partial charge is 0.421 e. The maximum atomic E-state index is 13.9. The lowest BCUT2D eigenvalue weighted by Crippen LogP contribution is -2.44. The highest BCUT2D eigenvalue weighted by Crippen LogP contribution is 2.33. The zero-order chi connectivity index (χ0) is 33.2. The molecule has 1 amide bonds. The molecule has 4 aromatic rings. The van der Waals surface area contributed by atoms with E-state index >= 15 is 0 Å². The lowest BCUT2D eigenvalue weighted by Gasteiger charge is -2.32. The number of methoxy groups -OCH3 is 1. The number of anilines is 2. The third kappa shape index (κ3) is 9.17. The molecule has 1 saturated heterocycles. The van der Waals surface area contributed by atoms with Crippen molar-refractivity contribution in [2.75, 3.05) is 70.2 Å². The van der Waals surface area contributed by atoms with Crippen LogP contribution >= 0.6 is 0 Å². The fourth-order valence-electron chi connectivity index (χ4n) is 5.79. The summed E-state index contributed by atoms with van der Waals surface area (Å²) in [7, 11) is 3.80. The Balaban J connectivity index is 1.33. The molecule has 5 rings (SSSR count). The van der Waals surface area contributed by atoms with E-state index in [4.69, 9.17) is 14.2 Å². The molecule has 1 fully saturated rings. The molecule has 2 aromatic heterocycles. The molecule has 1 N–H and O–H groups in total. The van der Waals surface area contributed by atoms with Crippen LogP contribution in [0, 0.1) is 20.8 Å². The first-order chi connectivity index (χ1) is 22.8. The molecule has 1 aliphatic rings. The van der Waals surface area contributed by atoms with Crippen molar-refractivity contribution in [1.29, 1.82) is 0 Å². The molecule has 248 valence electrons. The highest BCUT2D eigenvalue weighted by atomic mass is 16.6. The Kier molecular flexibility index (Phi) is 11.6. The monoisotopic (exact) mass is 639 g/mol. The maximum absolute atomic E-state index is 13.9. The second-order valence-corrected chi connectivity index (χ2v) is 12.0. The SMILES string of the molecule is COc1cc(NC(CN(C(=O)Oc2c(C)cc(C)cc2C)c2ccncn2)c2cccnc2)ccc1OCCCN1CCN(C)CC1. The van der Waals surface area contributed by atoms with E-state index in [0.717, 1.165) is 67.1 Å². The van der Waals surface area contributed by atoms with Crippen LogP contribution in [0.25, 0.3) is 0 Å². The number of pyridine rings is 1. The highest BCUT2D eigenvalue weighted by Gasteiger charge is 2.26. The van der Waals surface area contributed by atoms with Gasteiger partial charge in [0.05, 0.1) is 26.3 Å². The molecule has 11 nitrogen and oxygen atoms in total. The van der Waals surface area contributed by atoms with Gasteiger partial charge in [0.1, 0.15) is 17.9 Å². The summed E-state index contributed by atoms with van der Waals surface area (Å²) in [6.07, 6.45) is 6.91. The van der Waals surface area contributed by atoms with Gasteiger partial charge in [0.15, 0.2) is 11.5 Å². The minimum atomic E-state index is -0.549. The zero-order valence-electron chi connectivity index (χ0n) is 28.0. The van der Waals surface area contributed by atoms with Crippen molar-refractivity contribution in [3.8, 4) is 17.2 Å². The Labute approximate surface area is 277 Å². The van der Waals surface area contributed by atoms with Gasteiger partial charge in [-0.2, -0.15) is 0 Å². The van der Waals surface area contributed by atoms with Crippen LogP contribution in [0.1, 0.15) is 34.7 Å². The molecule has 1 atom stereocenters. The molecule has 0 bridgehead atoms. The van der Waals surface area contributed by atoms with Crippen molar-refractivity contribution in [2.45, 2.75) is 33.2 Å². The quantitative estimate of drug-likeness (QED) is 0.184. The van der Waals surface area contributed by atoms with E-state index in [1.807, 2.05) is 63.2 Å². The summed E-state index contributed by atoms with van der Waals surface area (Å²) in [5, 5.41) is 3.58. The number of rotatable bonds is 13. The normalized spacial score (nSPS) is 14.3. The van der Waals surface area contributed by atoms with Crippen LogP contribution in [-0.4, -0.2) is 90.9 Å². The van der Waals surface area contributed by atoms with Crippen molar-refractivity contribution < 1.29 is 19.0 Å². The first-order valence-electron chi connectivity index (χ1n) is 16.0. The summed E-state index contributed by atoms with van der Waals surface area (Å²) in [6, 6.07) is 14.9. The largest absolute Gasteiger partial charge is 0.493 e. The Hall–Kier alpha value is -4.74. The number of piperazine rings is 1. The average Bonchev–Trinajstić information content (AvgIpc) is 3.08. The van der Waals surface area contributed by atoms with Crippen LogP contribution in [0.15, 0.2) is 73.4 Å². The predicted molar refractivity (Wildman–Crippen MR) is 184 cm³/mol. The van der Waals surface area contributed by atoms with E-state index in [-0.39, 0.29) is 12.6 Å². The number of likely N-dealkylation sites (N-methyl/N-ethyl adjacent to an activating group) is 1. The van der Waals surface area contributed by atoms with Crippen LogP contribution < -0.4 is 24.4 Å². The Morgan fingerprint density at radius 2 is 1.77 bits per heavy atom. The lowest BCUT2D eigenvalue weighted by molar-refractivity contribution is 0.145. The molecule has 1 aliphatic heterocycles. The van der Waals surface area contributed by atoms with Crippen LogP contribution in [0.5, 0.6) is 17.2 Å². The molecule has 0 aliphatic carbocycles. The van der Waals surface area contributed by atoms with E-state index in [9.17, 15) is 4.79 Å². The van der Waals surface area contributed by atoms with E-state index in [1.54, 1.807) is 31.8 Å². The minimum Gasteiger partial charge on any atom is -0.493 e. The van der Waals surface area contributed by atoms with Crippen molar-refractivity contribution in [3.05, 3.63) is 95.7 Å². The minimum absolute atomic E-state index is 0.193. The number of amides is 1. The Bertz CT molecular complexity index is 1570. The van der Waals surface area contributed by atoms with Gasteiger partial charge in [-0.25, -0.2) is 14.8 Å². The number of hydrogen-bond donors (Lipinski definition) is 1. The van der Waals surface area contributed by atoms with Gasteiger partial charge in [-0.15, -0.1) is 0 Å². The fourth-order valence-corrected chi connectivity index (χ4v) is 5.79. The lowest BCUT2D eigenvalue weighted by atomic mass is 10.1. The van der Waals surface area contributed by atoms with Crippen molar-refractivity contribution >= 4 is 17.6 Å². The van der Waals surface area contributed by atoms with E-state index in [0.29, 0.717) is 29.7 Å². The first-order valence-corrected chi connectivity index (χ1v) is 16.0. The van der Waals surface area contributed by atoms with Crippen LogP contribution in [0.2, 0.25) is 0 Å². The summed E-state index contributed by atoms with van der Waals surface area (Å²) in [5.74, 6) is 2.26. The molecule has 47 heavy (non-hydrogen) atoms.